The molecular formula is C23H16N2O2. The summed E-state index contributed by atoms with van der Waals surface area (Å²) in [6.07, 6.45) is 0. The van der Waals surface area contributed by atoms with E-state index in [9.17, 15) is 10.1 Å². The molecule has 0 spiro atoms. The van der Waals surface area contributed by atoms with E-state index in [0.717, 1.165) is 27.7 Å². The van der Waals surface area contributed by atoms with Gasteiger partial charge in [0, 0.05) is 28.1 Å². The molecule has 0 amide bonds. The van der Waals surface area contributed by atoms with Crippen molar-refractivity contribution < 1.29 is 4.92 Å². The number of rotatable bonds is 2. The lowest BCUT2D eigenvalue weighted by molar-refractivity contribution is -0.385. The van der Waals surface area contributed by atoms with Gasteiger partial charge < -0.3 is 4.98 Å². The summed E-state index contributed by atoms with van der Waals surface area (Å²) < 4.78 is 0. The minimum atomic E-state index is -0.373. The molecular weight excluding hydrogens is 336 g/mol. The van der Waals surface area contributed by atoms with Gasteiger partial charge >= 0.3 is 0 Å². The molecule has 0 aliphatic heterocycles. The highest BCUT2D eigenvalue weighted by Gasteiger charge is 2.12. The molecule has 0 saturated carbocycles. The van der Waals surface area contributed by atoms with Crippen molar-refractivity contribution in [2.75, 3.05) is 0 Å². The average molecular weight is 352 g/mol. The van der Waals surface area contributed by atoms with Crippen LogP contribution in [0.4, 0.5) is 5.69 Å². The summed E-state index contributed by atoms with van der Waals surface area (Å²) >= 11 is 0. The minimum Gasteiger partial charge on any atom is -0.353 e. The molecule has 1 N–H and O–H groups in total. The lowest BCUT2D eigenvalue weighted by Gasteiger charge is -1.99. The summed E-state index contributed by atoms with van der Waals surface area (Å²) in [4.78, 5) is 14.2. The Morgan fingerprint density at radius 2 is 1.67 bits per heavy atom. The smallest absolute Gasteiger partial charge is 0.273 e. The maximum Gasteiger partial charge on any atom is 0.273 e. The number of H-pyrrole nitrogens is 1. The second-order valence-corrected chi connectivity index (χ2v) is 6.29. The van der Waals surface area contributed by atoms with E-state index in [4.69, 9.17) is 0 Å². The van der Waals surface area contributed by atoms with Gasteiger partial charge in [0.05, 0.1) is 16.2 Å². The highest BCUT2D eigenvalue weighted by Crippen LogP contribution is 2.29. The van der Waals surface area contributed by atoms with E-state index in [1.807, 2.05) is 60.7 Å². The number of fused-ring (bicyclic) bond motifs is 1. The van der Waals surface area contributed by atoms with Crippen LogP contribution in [0.5, 0.6) is 0 Å². The van der Waals surface area contributed by atoms with Crippen LogP contribution < -0.4 is 0 Å². The molecule has 4 aromatic rings. The molecule has 0 radical (unpaired) electrons. The van der Waals surface area contributed by atoms with E-state index in [1.54, 1.807) is 13.0 Å². The predicted molar refractivity (Wildman–Crippen MR) is 108 cm³/mol. The Balaban J connectivity index is 1.87. The predicted octanol–water partition coefficient (Wildman–Crippen LogP) is 5.45. The maximum absolute atomic E-state index is 11.2. The second-order valence-electron chi connectivity index (χ2n) is 6.29. The lowest BCUT2D eigenvalue weighted by Crippen LogP contribution is -1.92. The molecule has 4 heteroatoms. The van der Waals surface area contributed by atoms with Gasteiger partial charge in [0.1, 0.15) is 0 Å². The number of aromatic nitrogens is 1. The third-order valence-corrected chi connectivity index (χ3v) is 4.51. The molecule has 0 aliphatic carbocycles. The van der Waals surface area contributed by atoms with Gasteiger partial charge in [-0.2, -0.15) is 0 Å². The summed E-state index contributed by atoms with van der Waals surface area (Å²) in [5, 5.41) is 12.2. The number of benzene rings is 3. The summed E-state index contributed by atoms with van der Waals surface area (Å²) in [6.45, 7) is 1.72. The number of aromatic amines is 1. The van der Waals surface area contributed by atoms with E-state index >= 15 is 0 Å². The summed E-state index contributed by atoms with van der Waals surface area (Å²) in [6, 6.07) is 23.1. The first kappa shape index (κ1) is 16.6. The molecule has 0 fully saturated rings. The van der Waals surface area contributed by atoms with Crippen LogP contribution in [0.2, 0.25) is 0 Å². The average Bonchev–Trinajstić information content (AvgIpc) is 3.06. The third kappa shape index (κ3) is 3.19. The van der Waals surface area contributed by atoms with E-state index in [-0.39, 0.29) is 10.6 Å². The zero-order chi connectivity index (χ0) is 18.8. The highest BCUT2D eigenvalue weighted by atomic mass is 16.6. The van der Waals surface area contributed by atoms with Gasteiger partial charge in [-0.05, 0) is 24.6 Å². The van der Waals surface area contributed by atoms with Crippen LogP contribution in [0.15, 0.2) is 72.8 Å². The number of para-hydroxylation sites is 1. The van der Waals surface area contributed by atoms with Gasteiger partial charge in [0.15, 0.2) is 0 Å². The first-order valence-corrected chi connectivity index (χ1v) is 8.56. The Hall–Kier alpha value is -3.84. The van der Waals surface area contributed by atoms with Crippen LogP contribution in [-0.2, 0) is 0 Å². The fourth-order valence-corrected chi connectivity index (χ4v) is 3.11. The second kappa shape index (κ2) is 6.81. The van der Waals surface area contributed by atoms with Gasteiger partial charge in [-0.1, -0.05) is 66.4 Å². The molecule has 0 bridgehead atoms. The SMILES string of the molecule is Cc1ccc(C#Cc2c(-c3ccccc3)[nH]c3ccccc23)cc1[N+](=O)[O-]. The van der Waals surface area contributed by atoms with Crippen molar-refractivity contribution in [2.45, 2.75) is 6.92 Å². The van der Waals surface area contributed by atoms with Gasteiger partial charge in [0.2, 0.25) is 0 Å². The van der Waals surface area contributed by atoms with Gasteiger partial charge in [-0.25, -0.2) is 0 Å². The Morgan fingerprint density at radius 1 is 0.926 bits per heavy atom. The molecule has 1 aromatic heterocycles. The fourth-order valence-electron chi connectivity index (χ4n) is 3.11. The number of aryl methyl sites for hydroxylation is 1. The molecule has 130 valence electrons. The van der Waals surface area contributed by atoms with Gasteiger partial charge in [-0.15, -0.1) is 0 Å². The standard InChI is InChI=1S/C23H16N2O2/c1-16-11-12-17(15-22(16)25(26)27)13-14-20-19-9-5-6-10-21(19)24-23(20)18-7-3-2-4-8-18/h2-12,15,24H,1H3. The topological polar surface area (TPSA) is 58.9 Å². The number of nitro groups is 1. The third-order valence-electron chi connectivity index (χ3n) is 4.51. The first-order valence-electron chi connectivity index (χ1n) is 8.56. The van der Waals surface area contributed by atoms with Crippen molar-refractivity contribution in [2.24, 2.45) is 0 Å². The molecule has 27 heavy (non-hydrogen) atoms. The zero-order valence-electron chi connectivity index (χ0n) is 14.7. The molecule has 0 atom stereocenters. The van der Waals surface area contributed by atoms with Crippen LogP contribution >= 0.6 is 0 Å². The van der Waals surface area contributed by atoms with Crippen molar-refractivity contribution in [1.29, 1.82) is 0 Å². The summed E-state index contributed by atoms with van der Waals surface area (Å²) in [5.41, 5.74) is 5.23. The number of nitro benzene ring substituents is 1. The largest absolute Gasteiger partial charge is 0.353 e. The number of nitrogens with zero attached hydrogens (tertiary/aromatic N) is 1. The Bertz CT molecular complexity index is 1210. The Kier molecular flexibility index (Phi) is 4.19. The number of hydrogen-bond donors (Lipinski definition) is 1. The van der Waals surface area contributed by atoms with Crippen molar-refractivity contribution in [3.8, 4) is 23.1 Å². The maximum atomic E-state index is 11.2. The van der Waals surface area contributed by atoms with Crippen molar-refractivity contribution in [3.63, 3.8) is 0 Å². The van der Waals surface area contributed by atoms with Crippen LogP contribution in [0.25, 0.3) is 22.2 Å². The van der Waals surface area contributed by atoms with E-state index in [0.29, 0.717) is 11.1 Å². The zero-order valence-corrected chi connectivity index (χ0v) is 14.7. The summed E-state index contributed by atoms with van der Waals surface area (Å²) in [5.74, 6) is 6.33. The Labute approximate surface area is 156 Å². The van der Waals surface area contributed by atoms with Crippen molar-refractivity contribution >= 4 is 16.6 Å². The van der Waals surface area contributed by atoms with Gasteiger partial charge in [-0.3, -0.25) is 10.1 Å². The number of hydrogen-bond acceptors (Lipinski definition) is 2. The normalized spacial score (nSPS) is 10.4. The molecule has 4 nitrogen and oxygen atoms in total. The van der Waals surface area contributed by atoms with Crippen LogP contribution in [-0.4, -0.2) is 9.91 Å². The van der Waals surface area contributed by atoms with Crippen molar-refractivity contribution in [1.82, 2.24) is 4.98 Å². The van der Waals surface area contributed by atoms with E-state index < -0.39 is 0 Å². The quantitative estimate of drug-likeness (QED) is 0.296. The number of nitrogens with one attached hydrogen (secondary N) is 1. The highest BCUT2D eigenvalue weighted by molar-refractivity contribution is 5.94. The van der Waals surface area contributed by atoms with Crippen LogP contribution in [0.3, 0.4) is 0 Å². The molecule has 0 aliphatic rings. The van der Waals surface area contributed by atoms with Crippen LogP contribution in [0.1, 0.15) is 16.7 Å². The fraction of sp³-hybridized carbons (Fsp3) is 0.0435. The Morgan fingerprint density at radius 3 is 2.44 bits per heavy atom. The molecule has 3 aromatic carbocycles. The minimum absolute atomic E-state index is 0.0870. The molecule has 4 rings (SSSR count). The molecule has 0 saturated heterocycles. The molecule has 0 unspecified atom stereocenters. The van der Waals surface area contributed by atoms with E-state index in [2.05, 4.69) is 16.8 Å². The summed E-state index contributed by atoms with van der Waals surface area (Å²) in [7, 11) is 0. The van der Waals surface area contributed by atoms with Gasteiger partial charge in [0.25, 0.3) is 5.69 Å². The van der Waals surface area contributed by atoms with E-state index in [1.165, 1.54) is 6.07 Å². The monoisotopic (exact) mass is 352 g/mol. The van der Waals surface area contributed by atoms with Crippen molar-refractivity contribution in [3.05, 3.63) is 99.6 Å². The first-order chi connectivity index (χ1) is 13.1. The lowest BCUT2D eigenvalue weighted by atomic mass is 10.0. The molecule has 1 heterocycles. The van der Waals surface area contributed by atoms with Crippen LogP contribution in [0, 0.1) is 28.9 Å².